The van der Waals surface area contributed by atoms with E-state index in [9.17, 15) is 4.79 Å². The van der Waals surface area contributed by atoms with Crippen LogP contribution in [0, 0.1) is 0 Å². The molecule has 2 atom stereocenters. The van der Waals surface area contributed by atoms with Gasteiger partial charge in [-0.25, -0.2) is 4.79 Å². The second-order valence-electron chi connectivity index (χ2n) is 7.56. The van der Waals surface area contributed by atoms with Gasteiger partial charge in [0.25, 0.3) is 0 Å². The van der Waals surface area contributed by atoms with Gasteiger partial charge in [0.05, 0.1) is 18.8 Å². The minimum atomic E-state index is -0.735. The predicted molar refractivity (Wildman–Crippen MR) is 97.7 cm³/mol. The number of guanidine groups is 1. The number of amides is 1. The van der Waals surface area contributed by atoms with Crippen LogP contribution in [0.15, 0.2) is 4.99 Å². The van der Waals surface area contributed by atoms with Crippen LogP contribution in [0.5, 0.6) is 0 Å². The van der Waals surface area contributed by atoms with Crippen molar-refractivity contribution in [3.8, 4) is 0 Å². The molecule has 0 spiro atoms. The fourth-order valence-electron chi connectivity index (χ4n) is 2.82. The lowest BCUT2D eigenvalue weighted by molar-refractivity contribution is -0.0755. The highest BCUT2D eigenvalue weighted by atomic mass is 16.6. The topological polar surface area (TPSA) is 84.4 Å². The molecule has 0 radical (unpaired) electrons. The summed E-state index contributed by atoms with van der Waals surface area (Å²) in [5.74, 6) is 0.651. The largest absolute Gasteiger partial charge is 0.444 e. The van der Waals surface area contributed by atoms with Crippen molar-refractivity contribution in [2.45, 2.75) is 65.0 Å². The van der Waals surface area contributed by atoms with Gasteiger partial charge in [0.1, 0.15) is 11.3 Å². The molecule has 0 aromatic carbocycles. The van der Waals surface area contributed by atoms with Gasteiger partial charge in [-0.05, 0) is 41.5 Å². The molecule has 1 aliphatic rings. The Labute approximate surface area is 151 Å². The van der Waals surface area contributed by atoms with Crippen LogP contribution in [0.25, 0.3) is 0 Å². The smallest absolute Gasteiger partial charge is 0.412 e. The molecule has 0 bridgehead atoms. The van der Waals surface area contributed by atoms with Gasteiger partial charge in [0.15, 0.2) is 5.96 Å². The van der Waals surface area contributed by atoms with E-state index >= 15 is 0 Å². The summed E-state index contributed by atoms with van der Waals surface area (Å²) in [6.45, 7) is 13.0. The van der Waals surface area contributed by atoms with E-state index < -0.39 is 11.3 Å². The Morgan fingerprint density at radius 2 is 1.96 bits per heavy atom. The van der Waals surface area contributed by atoms with E-state index in [0.717, 1.165) is 0 Å². The number of aliphatic imine (C=N–C) groups is 1. The Morgan fingerprint density at radius 3 is 2.48 bits per heavy atom. The Kier molecular flexibility index (Phi) is 7.49. The highest BCUT2D eigenvalue weighted by molar-refractivity contribution is 5.79. The quantitative estimate of drug-likeness (QED) is 0.441. The molecule has 8 nitrogen and oxygen atoms in total. The summed E-state index contributed by atoms with van der Waals surface area (Å²) in [7, 11) is 3.35. The Bertz CT molecular complexity index is 474. The molecule has 1 rings (SSSR count). The lowest BCUT2D eigenvalue weighted by atomic mass is 10.1. The first-order chi connectivity index (χ1) is 11.5. The summed E-state index contributed by atoms with van der Waals surface area (Å²) in [5, 5.41) is 6.39. The monoisotopic (exact) mass is 358 g/mol. The van der Waals surface area contributed by atoms with Gasteiger partial charge in [-0.1, -0.05) is 0 Å². The standard InChI is InChI=1S/C17H34N4O4/c1-12-13(11-20-14(18-7)19-9-10-23-8)21(17(5,6)24-12)15(22)25-16(2,3)4/h12-13H,9-11H2,1-8H3,(H2,18,19,20). The molecule has 1 heterocycles. The predicted octanol–water partition coefficient (Wildman–Crippen LogP) is 1.56. The highest BCUT2D eigenvalue weighted by Gasteiger charge is 2.49. The summed E-state index contributed by atoms with van der Waals surface area (Å²) < 4.78 is 16.6. The Balaban J connectivity index is 2.78. The zero-order chi connectivity index (χ0) is 19.3. The Hall–Kier alpha value is -1.54. The van der Waals surface area contributed by atoms with Crippen LogP contribution in [-0.2, 0) is 14.2 Å². The fraction of sp³-hybridized carbons (Fsp3) is 0.882. The SMILES string of the molecule is CN=C(NCCOC)NCC1C(C)OC(C)(C)N1C(=O)OC(C)(C)C. The first-order valence-corrected chi connectivity index (χ1v) is 8.65. The van der Waals surface area contributed by atoms with Crippen LogP contribution in [0.3, 0.4) is 0 Å². The van der Waals surface area contributed by atoms with Crippen LogP contribution in [0.1, 0.15) is 41.5 Å². The van der Waals surface area contributed by atoms with E-state index in [1.807, 2.05) is 41.5 Å². The molecule has 1 aliphatic heterocycles. The number of hydrogen-bond donors (Lipinski definition) is 2. The van der Waals surface area contributed by atoms with Crippen LogP contribution < -0.4 is 10.6 Å². The molecule has 0 saturated carbocycles. The third kappa shape index (κ3) is 6.36. The molecule has 1 fully saturated rings. The molecule has 0 aromatic heterocycles. The van der Waals surface area contributed by atoms with Crippen LogP contribution in [0.2, 0.25) is 0 Å². The van der Waals surface area contributed by atoms with Crippen LogP contribution in [-0.4, -0.2) is 74.3 Å². The summed E-state index contributed by atoms with van der Waals surface area (Å²) in [5.41, 5.74) is -1.30. The normalized spacial score (nSPS) is 23.5. The highest BCUT2D eigenvalue weighted by Crippen LogP contribution is 2.33. The number of methoxy groups -OCH3 is 1. The van der Waals surface area contributed by atoms with Crippen molar-refractivity contribution in [1.29, 1.82) is 0 Å². The number of ether oxygens (including phenoxy) is 3. The molecule has 25 heavy (non-hydrogen) atoms. The van der Waals surface area contributed by atoms with E-state index in [1.165, 1.54) is 0 Å². The second-order valence-corrected chi connectivity index (χ2v) is 7.56. The second kappa shape index (κ2) is 8.71. The van der Waals surface area contributed by atoms with Gasteiger partial charge in [0, 0.05) is 27.2 Å². The maximum Gasteiger partial charge on any atom is 0.412 e. The maximum absolute atomic E-state index is 12.7. The third-order valence-corrected chi connectivity index (χ3v) is 3.82. The van der Waals surface area contributed by atoms with Crippen molar-refractivity contribution in [3.05, 3.63) is 0 Å². The number of carbonyl (C=O) groups excluding carboxylic acids is 1. The van der Waals surface area contributed by atoms with Crippen molar-refractivity contribution in [1.82, 2.24) is 15.5 Å². The molecule has 2 N–H and O–H groups in total. The summed E-state index contributed by atoms with van der Waals surface area (Å²) in [6, 6.07) is -0.175. The molecule has 1 amide bonds. The van der Waals surface area contributed by atoms with Gasteiger partial charge >= 0.3 is 6.09 Å². The first kappa shape index (κ1) is 21.5. The van der Waals surface area contributed by atoms with Gasteiger partial charge in [-0.15, -0.1) is 0 Å². The fourth-order valence-corrected chi connectivity index (χ4v) is 2.82. The van der Waals surface area contributed by atoms with E-state index in [1.54, 1.807) is 19.1 Å². The van der Waals surface area contributed by atoms with Gasteiger partial charge < -0.3 is 24.8 Å². The van der Waals surface area contributed by atoms with Crippen molar-refractivity contribution in [2.75, 3.05) is 33.9 Å². The molecule has 1 saturated heterocycles. The molecular formula is C17H34N4O4. The summed E-state index contributed by atoms with van der Waals surface area (Å²) >= 11 is 0. The summed E-state index contributed by atoms with van der Waals surface area (Å²) in [4.78, 5) is 18.5. The minimum Gasteiger partial charge on any atom is -0.444 e. The zero-order valence-corrected chi connectivity index (χ0v) is 16.8. The number of nitrogens with zero attached hydrogens (tertiary/aromatic N) is 2. The number of nitrogens with one attached hydrogen (secondary N) is 2. The third-order valence-electron chi connectivity index (χ3n) is 3.82. The van der Waals surface area contributed by atoms with Crippen molar-refractivity contribution < 1.29 is 19.0 Å². The first-order valence-electron chi connectivity index (χ1n) is 8.65. The van der Waals surface area contributed by atoms with Gasteiger partial charge in [-0.2, -0.15) is 0 Å². The maximum atomic E-state index is 12.7. The van der Waals surface area contributed by atoms with Crippen LogP contribution in [0.4, 0.5) is 4.79 Å². The van der Waals surface area contributed by atoms with Gasteiger partial charge in [0.2, 0.25) is 0 Å². The van der Waals surface area contributed by atoms with E-state index in [0.29, 0.717) is 25.7 Å². The molecule has 0 aliphatic carbocycles. The number of rotatable bonds is 5. The summed E-state index contributed by atoms with van der Waals surface area (Å²) in [6.07, 6.45) is -0.511. The average Bonchev–Trinajstić information content (AvgIpc) is 2.69. The lowest BCUT2D eigenvalue weighted by Crippen LogP contribution is -2.54. The molecule has 146 valence electrons. The van der Waals surface area contributed by atoms with Crippen molar-refractivity contribution in [3.63, 3.8) is 0 Å². The molecule has 2 unspecified atom stereocenters. The Morgan fingerprint density at radius 1 is 1.32 bits per heavy atom. The number of hydrogen-bond acceptors (Lipinski definition) is 5. The van der Waals surface area contributed by atoms with E-state index in [2.05, 4.69) is 15.6 Å². The lowest BCUT2D eigenvalue weighted by Gasteiger charge is -2.35. The average molecular weight is 358 g/mol. The minimum absolute atomic E-state index is 0.132. The van der Waals surface area contributed by atoms with E-state index in [4.69, 9.17) is 14.2 Å². The van der Waals surface area contributed by atoms with E-state index in [-0.39, 0.29) is 18.2 Å². The van der Waals surface area contributed by atoms with Gasteiger partial charge in [-0.3, -0.25) is 9.89 Å². The molecule has 0 aromatic rings. The number of carbonyl (C=O) groups is 1. The molecule has 8 heteroatoms. The van der Waals surface area contributed by atoms with Crippen molar-refractivity contribution in [2.24, 2.45) is 4.99 Å². The van der Waals surface area contributed by atoms with Crippen molar-refractivity contribution >= 4 is 12.1 Å². The van der Waals surface area contributed by atoms with Crippen LogP contribution >= 0.6 is 0 Å². The zero-order valence-electron chi connectivity index (χ0n) is 16.8. The molecular weight excluding hydrogens is 324 g/mol.